The van der Waals surface area contributed by atoms with Gasteiger partial charge in [0.2, 0.25) is 10.0 Å². The summed E-state index contributed by atoms with van der Waals surface area (Å²) in [6.45, 7) is 3.08. The Labute approximate surface area is 157 Å². The summed E-state index contributed by atoms with van der Waals surface area (Å²) in [5, 5.41) is 0.743. The van der Waals surface area contributed by atoms with Gasteiger partial charge in [0, 0.05) is 15.6 Å². The van der Waals surface area contributed by atoms with Crippen molar-refractivity contribution in [1.29, 1.82) is 0 Å². The fraction of sp³-hybridized carbons (Fsp3) is 0.235. The van der Waals surface area contributed by atoms with E-state index in [-0.39, 0.29) is 11.5 Å². The Bertz CT molecular complexity index is 877. The van der Waals surface area contributed by atoms with Gasteiger partial charge < -0.3 is 4.74 Å². The lowest BCUT2D eigenvalue weighted by Crippen LogP contribution is -2.30. The number of ether oxygens (including phenoxy) is 1. The van der Waals surface area contributed by atoms with Crippen molar-refractivity contribution < 1.29 is 17.9 Å². The summed E-state index contributed by atoms with van der Waals surface area (Å²) < 4.78 is 31.7. The maximum atomic E-state index is 12.2. The minimum Gasteiger partial charge on any atom is -0.460 e. The van der Waals surface area contributed by atoms with Gasteiger partial charge in [-0.2, -0.15) is 4.72 Å². The first-order valence-electron chi connectivity index (χ1n) is 7.36. The Morgan fingerprint density at radius 3 is 2.32 bits per heavy atom. The molecule has 0 bridgehead atoms. The van der Waals surface area contributed by atoms with Gasteiger partial charge in [-0.05, 0) is 49.2 Å². The van der Waals surface area contributed by atoms with E-state index in [1.807, 2.05) is 13.8 Å². The largest absolute Gasteiger partial charge is 0.460 e. The lowest BCUT2D eigenvalue weighted by atomic mass is 10.1. The molecular formula is C17H17Cl2NO4S. The summed E-state index contributed by atoms with van der Waals surface area (Å²) in [6.07, 6.45) is 0. The van der Waals surface area contributed by atoms with Crippen molar-refractivity contribution in [1.82, 2.24) is 4.72 Å². The van der Waals surface area contributed by atoms with Crippen LogP contribution in [0.3, 0.4) is 0 Å². The molecule has 0 saturated carbocycles. The molecule has 0 atom stereocenters. The second kappa shape index (κ2) is 8.19. The Morgan fingerprint density at radius 1 is 1.08 bits per heavy atom. The number of esters is 1. The van der Waals surface area contributed by atoms with Gasteiger partial charge in [-0.3, -0.25) is 4.79 Å². The van der Waals surface area contributed by atoms with E-state index in [0.29, 0.717) is 15.6 Å². The van der Waals surface area contributed by atoms with Crippen LogP contribution in [0.2, 0.25) is 10.0 Å². The van der Waals surface area contributed by atoms with Gasteiger partial charge in [0.15, 0.2) is 0 Å². The van der Waals surface area contributed by atoms with Crippen molar-refractivity contribution in [3.63, 3.8) is 0 Å². The molecule has 5 nitrogen and oxygen atoms in total. The van der Waals surface area contributed by atoms with E-state index in [9.17, 15) is 13.2 Å². The minimum atomic E-state index is -3.80. The molecule has 0 radical (unpaired) electrons. The molecule has 2 aromatic carbocycles. The van der Waals surface area contributed by atoms with Gasteiger partial charge >= 0.3 is 5.97 Å². The van der Waals surface area contributed by atoms with Crippen molar-refractivity contribution in [2.75, 3.05) is 6.54 Å². The zero-order valence-corrected chi connectivity index (χ0v) is 16.0. The number of nitrogens with one attached hydrogen (secondary N) is 1. The second-order valence-electron chi connectivity index (χ2n) is 5.43. The Balaban J connectivity index is 1.96. The molecule has 0 unspecified atom stereocenters. The zero-order chi connectivity index (χ0) is 18.6. The monoisotopic (exact) mass is 401 g/mol. The van der Waals surface area contributed by atoms with Crippen molar-refractivity contribution in [2.24, 2.45) is 0 Å². The van der Waals surface area contributed by atoms with Crippen LogP contribution in [-0.4, -0.2) is 20.9 Å². The quantitative estimate of drug-likeness (QED) is 0.749. The fourth-order valence-electron chi connectivity index (χ4n) is 1.99. The highest BCUT2D eigenvalue weighted by Crippen LogP contribution is 2.24. The van der Waals surface area contributed by atoms with E-state index in [2.05, 4.69) is 4.72 Å². The summed E-state index contributed by atoms with van der Waals surface area (Å²) in [7, 11) is -3.80. The summed E-state index contributed by atoms with van der Waals surface area (Å²) in [5.74, 6) is -0.733. The first-order valence-corrected chi connectivity index (χ1v) is 9.60. The third kappa shape index (κ3) is 5.19. The summed E-state index contributed by atoms with van der Waals surface area (Å²) in [4.78, 5) is 11.9. The highest BCUT2D eigenvalue weighted by atomic mass is 35.5. The molecule has 0 amide bonds. The van der Waals surface area contributed by atoms with Crippen molar-refractivity contribution >= 4 is 39.2 Å². The predicted molar refractivity (Wildman–Crippen MR) is 97.4 cm³/mol. The van der Waals surface area contributed by atoms with Gasteiger partial charge in [0.05, 0.1) is 4.90 Å². The van der Waals surface area contributed by atoms with E-state index in [1.165, 1.54) is 6.07 Å². The normalized spacial score (nSPS) is 11.4. The molecule has 134 valence electrons. The number of carbonyl (C=O) groups is 1. The van der Waals surface area contributed by atoms with Crippen LogP contribution in [0.5, 0.6) is 0 Å². The maximum absolute atomic E-state index is 12.2. The van der Waals surface area contributed by atoms with E-state index in [4.69, 9.17) is 27.9 Å². The highest BCUT2D eigenvalue weighted by molar-refractivity contribution is 7.89. The predicted octanol–water partition coefficient (Wildman–Crippen LogP) is 3.63. The van der Waals surface area contributed by atoms with Gasteiger partial charge in [-0.1, -0.05) is 35.3 Å². The van der Waals surface area contributed by atoms with Crippen LogP contribution in [0.4, 0.5) is 0 Å². The topological polar surface area (TPSA) is 72.5 Å². The molecular weight excluding hydrogens is 385 g/mol. The molecule has 0 aliphatic heterocycles. The minimum absolute atomic E-state index is 0.0950. The van der Waals surface area contributed by atoms with E-state index >= 15 is 0 Å². The molecule has 2 aromatic rings. The summed E-state index contributed by atoms with van der Waals surface area (Å²) in [6, 6.07) is 9.67. The van der Waals surface area contributed by atoms with Crippen molar-refractivity contribution in [3.05, 3.63) is 63.1 Å². The third-order valence-electron chi connectivity index (χ3n) is 3.63. The zero-order valence-electron chi connectivity index (χ0n) is 13.7. The standard InChI is InChI=1S/C17H17Cl2NO4S/c1-11-6-7-13(8-12(11)2)25(22,23)20-9-17(21)24-10-14-15(18)4-3-5-16(14)19/h3-8,20H,9-10H2,1-2H3. The second-order valence-corrected chi connectivity index (χ2v) is 8.01. The number of carbonyl (C=O) groups excluding carboxylic acids is 1. The average Bonchev–Trinajstić information content (AvgIpc) is 2.55. The van der Waals surface area contributed by atoms with Crippen LogP contribution in [0.25, 0.3) is 0 Å². The number of rotatable bonds is 6. The van der Waals surface area contributed by atoms with Gasteiger partial charge in [-0.15, -0.1) is 0 Å². The molecule has 0 aliphatic rings. The fourth-order valence-corrected chi connectivity index (χ4v) is 3.55. The maximum Gasteiger partial charge on any atom is 0.321 e. The van der Waals surface area contributed by atoms with Crippen LogP contribution < -0.4 is 4.72 Å². The van der Waals surface area contributed by atoms with Gasteiger partial charge in [0.1, 0.15) is 13.2 Å². The van der Waals surface area contributed by atoms with Crippen LogP contribution in [-0.2, 0) is 26.2 Å². The van der Waals surface area contributed by atoms with Crippen molar-refractivity contribution in [2.45, 2.75) is 25.3 Å². The molecule has 0 heterocycles. The highest BCUT2D eigenvalue weighted by Gasteiger charge is 2.17. The van der Waals surface area contributed by atoms with Gasteiger partial charge in [0.25, 0.3) is 0 Å². The third-order valence-corrected chi connectivity index (χ3v) is 5.74. The summed E-state index contributed by atoms with van der Waals surface area (Å²) >= 11 is 12.0. The molecule has 0 saturated heterocycles. The van der Waals surface area contributed by atoms with Crippen LogP contribution in [0, 0.1) is 13.8 Å². The number of benzene rings is 2. The van der Waals surface area contributed by atoms with Crippen molar-refractivity contribution in [3.8, 4) is 0 Å². The number of hydrogen-bond donors (Lipinski definition) is 1. The number of hydrogen-bond acceptors (Lipinski definition) is 4. The number of halogens is 2. The SMILES string of the molecule is Cc1ccc(S(=O)(=O)NCC(=O)OCc2c(Cl)cccc2Cl)cc1C. The first kappa shape index (κ1) is 19.7. The molecule has 0 fully saturated rings. The lowest BCUT2D eigenvalue weighted by Gasteiger charge is -2.10. The molecule has 8 heteroatoms. The Morgan fingerprint density at radius 2 is 1.72 bits per heavy atom. The Hall–Kier alpha value is -1.60. The van der Waals surface area contributed by atoms with Crippen LogP contribution in [0.15, 0.2) is 41.3 Å². The van der Waals surface area contributed by atoms with E-state index in [1.54, 1.807) is 30.3 Å². The Kier molecular flexibility index (Phi) is 6.46. The lowest BCUT2D eigenvalue weighted by molar-refractivity contribution is -0.143. The van der Waals surface area contributed by atoms with Crippen LogP contribution in [0.1, 0.15) is 16.7 Å². The molecule has 0 spiro atoms. The molecule has 0 aliphatic carbocycles. The average molecular weight is 402 g/mol. The molecule has 0 aromatic heterocycles. The molecule has 1 N–H and O–H groups in total. The number of sulfonamides is 1. The van der Waals surface area contributed by atoms with Crippen LogP contribution >= 0.6 is 23.2 Å². The molecule has 2 rings (SSSR count). The number of aryl methyl sites for hydroxylation is 2. The first-order chi connectivity index (χ1) is 11.7. The van der Waals surface area contributed by atoms with E-state index < -0.39 is 22.5 Å². The summed E-state index contributed by atoms with van der Waals surface area (Å²) in [5.41, 5.74) is 2.30. The van der Waals surface area contributed by atoms with E-state index in [0.717, 1.165) is 11.1 Å². The molecule has 25 heavy (non-hydrogen) atoms. The smallest absolute Gasteiger partial charge is 0.321 e. The van der Waals surface area contributed by atoms with Gasteiger partial charge in [-0.25, -0.2) is 8.42 Å².